The highest BCUT2D eigenvalue weighted by atomic mass is 79.9. The highest BCUT2D eigenvalue weighted by Gasteiger charge is 2.47. The van der Waals surface area contributed by atoms with Gasteiger partial charge in [-0.05, 0) is 30.4 Å². The third-order valence-electron chi connectivity index (χ3n) is 2.74. The van der Waals surface area contributed by atoms with Gasteiger partial charge in [-0.1, -0.05) is 48.0 Å². The van der Waals surface area contributed by atoms with Crippen LogP contribution in [0.3, 0.4) is 0 Å². The summed E-state index contributed by atoms with van der Waals surface area (Å²) in [5.41, 5.74) is -5.09. The molecule has 0 aromatic heterocycles. The van der Waals surface area contributed by atoms with E-state index in [2.05, 4.69) is 15.9 Å². The van der Waals surface area contributed by atoms with E-state index in [1.54, 1.807) is 6.07 Å². The molecule has 0 radical (unpaired) electrons. The van der Waals surface area contributed by atoms with Crippen LogP contribution in [-0.2, 0) is 16.3 Å². The van der Waals surface area contributed by atoms with Crippen LogP contribution in [0.5, 0.6) is 0 Å². The van der Waals surface area contributed by atoms with Crippen LogP contribution in [0, 0.1) is 5.92 Å². The van der Waals surface area contributed by atoms with Crippen LogP contribution >= 0.6 is 15.9 Å². The van der Waals surface area contributed by atoms with E-state index in [4.69, 9.17) is 0 Å². The summed E-state index contributed by atoms with van der Waals surface area (Å²) in [4.78, 5) is -0.715. The van der Waals surface area contributed by atoms with E-state index in [9.17, 15) is 21.6 Å². The summed E-state index contributed by atoms with van der Waals surface area (Å²) in [5.74, 6) is 0.366. The van der Waals surface area contributed by atoms with Gasteiger partial charge in [0, 0.05) is 4.83 Å². The van der Waals surface area contributed by atoms with Crippen molar-refractivity contribution in [3.05, 3.63) is 29.8 Å². The van der Waals surface area contributed by atoms with Crippen molar-refractivity contribution in [2.24, 2.45) is 5.92 Å². The van der Waals surface area contributed by atoms with Gasteiger partial charge in [0.15, 0.2) is 0 Å². The molecule has 0 aliphatic heterocycles. The molecule has 0 fully saturated rings. The highest BCUT2D eigenvalue weighted by Crippen LogP contribution is 2.33. The topological polar surface area (TPSA) is 34.1 Å². The number of halogens is 4. The molecular weight excluding hydrogens is 357 g/mol. The summed E-state index contributed by atoms with van der Waals surface area (Å²) in [5, 5.41) is 0. The maximum absolute atomic E-state index is 12.6. The number of alkyl halides is 4. The number of hydrogen-bond acceptors (Lipinski definition) is 2. The first-order chi connectivity index (χ1) is 9.05. The summed E-state index contributed by atoms with van der Waals surface area (Å²) < 4.78 is 61.0. The van der Waals surface area contributed by atoms with Crippen molar-refractivity contribution >= 4 is 25.8 Å². The second-order valence-electron chi connectivity index (χ2n) is 4.99. The molecule has 1 unspecified atom stereocenters. The van der Waals surface area contributed by atoms with E-state index in [1.807, 2.05) is 13.8 Å². The molecule has 1 atom stereocenters. The second kappa shape index (κ2) is 6.47. The van der Waals surface area contributed by atoms with Gasteiger partial charge in [0.25, 0.3) is 9.84 Å². The van der Waals surface area contributed by atoms with Crippen molar-refractivity contribution in [1.82, 2.24) is 0 Å². The minimum atomic E-state index is -5.30. The van der Waals surface area contributed by atoms with Crippen LogP contribution in [0.1, 0.15) is 25.8 Å². The smallest absolute Gasteiger partial charge is 0.214 e. The molecule has 0 saturated heterocycles. The van der Waals surface area contributed by atoms with Gasteiger partial charge in [0.05, 0.1) is 4.90 Å². The molecule has 114 valence electrons. The maximum atomic E-state index is 12.6. The maximum Gasteiger partial charge on any atom is 0.501 e. The first-order valence-electron chi connectivity index (χ1n) is 6.09. The Morgan fingerprint density at radius 3 is 2.25 bits per heavy atom. The SMILES string of the molecule is CC(C)CC(Br)Cc1ccccc1S(=O)(=O)C(F)(F)F. The average Bonchev–Trinajstić information content (AvgIpc) is 2.26. The Morgan fingerprint density at radius 2 is 1.75 bits per heavy atom. The van der Waals surface area contributed by atoms with Crippen molar-refractivity contribution in [3.63, 3.8) is 0 Å². The molecule has 0 aliphatic carbocycles. The van der Waals surface area contributed by atoms with Gasteiger partial charge in [0.2, 0.25) is 0 Å². The van der Waals surface area contributed by atoms with Crippen molar-refractivity contribution in [2.75, 3.05) is 0 Å². The molecule has 0 bridgehead atoms. The lowest BCUT2D eigenvalue weighted by Gasteiger charge is -2.16. The van der Waals surface area contributed by atoms with E-state index in [0.717, 1.165) is 12.5 Å². The summed E-state index contributed by atoms with van der Waals surface area (Å²) in [6, 6.07) is 5.27. The summed E-state index contributed by atoms with van der Waals surface area (Å²) >= 11 is 3.39. The predicted molar refractivity (Wildman–Crippen MR) is 75.6 cm³/mol. The number of hydrogen-bond donors (Lipinski definition) is 0. The molecule has 1 aromatic rings. The number of sulfone groups is 1. The molecule has 1 aromatic carbocycles. The third-order valence-corrected chi connectivity index (χ3v) is 5.02. The lowest BCUT2D eigenvalue weighted by Crippen LogP contribution is -2.25. The van der Waals surface area contributed by atoms with Gasteiger partial charge in [-0.2, -0.15) is 13.2 Å². The normalized spacial score (nSPS) is 14.6. The van der Waals surface area contributed by atoms with E-state index in [-0.39, 0.29) is 16.8 Å². The second-order valence-corrected chi connectivity index (χ2v) is 8.19. The zero-order chi connectivity index (χ0) is 15.6. The summed E-state index contributed by atoms with van der Waals surface area (Å²) in [6.45, 7) is 3.99. The fourth-order valence-electron chi connectivity index (χ4n) is 1.89. The van der Waals surface area contributed by atoms with E-state index in [0.29, 0.717) is 5.92 Å². The quantitative estimate of drug-likeness (QED) is 0.720. The molecule has 1 rings (SSSR count). The van der Waals surface area contributed by atoms with E-state index in [1.165, 1.54) is 12.1 Å². The zero-order valence-corrected chi connectivity index (χ0v) is 13.5. The Kier molecular flexibility index (Phi) is 5.66. The van der Waals surface area contributed by atoms with E-state index < -0.39 is 20.2 Å². The monoisotopic (exact) mass is 372 g/mol. The minimum Gasteiger partial charge on any atom is -0.214 e. The van der Waals surface area contributed by atoms with Gasteiger partial charge < -0.3 is 0 Å². The van der Waals surface area contributed by atoms with Gasteiger partial charge >= 0.3 is 5.51 Å². The van der Waals surface area contributed by atoms with Crippen LogP contribution < -0.4 is 0 Å². The van der Waals surface area contributed by atoms with Crippen LogP contribution in [0.2, 0.25) is 0 Å². The molecular formula is C13H16BrF3O2S. The Morgan fingerprint density at radius 1 is 1.20 bits per heavy atom. The van der Waals surface area contributed by atoms with Gasteiger partial charge in [-0.25, -0.2) is 8.42 Å². The highest BCUT2D eigenvalue weighted by molar-refractivity contribution is 9.09. The molecule has 7 heteroatoms. The molecule has 0 heterocycles. The molecule has 20 heavy (non-hydrogen) atoms. The largest absolute Gasteiger partial charge is 0.501 e. The van der Waals surface area contributed by atoms with Crippen molar-refractivity contribution in [3.8, 4) is 0 Å². The Bertz CT molecular complexity index is 553. The van der Waals surface area contributed by atoms with Crippen molar-refractivity contribution < 1.29 is 21.6 Å². The van der Waals surface area contributed by atoms with Gasteiger partial charge in [-0.15, -0.1) is 0 Å². The molecule has 2 nitrogen and oxygen atoms in total. The molecule has 0 aliphatic rings. The number of rotatable bonds is 5. The van der Waals surface area contributed by atoms with Crippen molar-refractivity contribution in [1.29, 1.82) is 0 Å². The van der Waals surface area contributed by atoms with Crippen LogP contribution in [0.25, 0.3) is 0 Å². The lowest BCUT2D eigenvalue weighted by atomic mass is 10.0. The van der Waals surface area contributed by atoms with Crippen LogP contribution in [-0.4, -0.2) is 18.8 Å². The van der Waals surface area contributed by atoms with Crippen LogP contribution in [0.15, 0.2) is 29.2 Å². The zero-order valence-electron chi connectivity index (χ0n) is 11.1. The Balaban J connectivity index is 3.13. The fraction of sp³-hybridized carbons (Fsp3) is 0.538. The lowest BCUT2D eigenvalue weighted by molar-refractivity contribution is -0.0436. The van der Waals surface area contributed by atoms with Crippen molar-refractivity contribution in [2.45, 2.75) is 41.9 Å². The first kappa shape index (κ1) is 17.5. The molecule has 0 amide bonds. The van der Waals surface area contributed by atoms with E-state index >= 15 is 0 Å². The molecule has 0 spiro atoms. The number of benzene rings is 1. The Hall–Kier alpha value is -0.560. The summed E-state index contributed by atoms with van der Waals surface area (Å²) in [6.07, 6.45) is 0.990. The first-order valence-corrected chi connectivity index (χ1v) is 8.49. The standard InChI is InChI=1S/C13H16BrF3O2S/c1-9(2)7-11(14)8-10-5-3-4-6-12(10)20(18,19)13(15,16)17/h3-6,9,11H,7-8H2,1-2H3. The third kappa shape index (κ3) is 4.22. The van der Waals surface area contributed by atoms with Gasteiger partial charge in [0.1, 0.15) is 0 Å². The Labute approximate surface area is 125 Å². The predicted octanol–water partition coefficient (Wildman–Crippen LogP) is 4.33. The molecule has 0 N–H and O–H groups in total. The summed E-state index contributed by atoms with van der Waals surface area (Å²) in [7, 11) is -5.30. The fourth-order valence-corrected chi connectivity index (χ4v) is 3.99. The van der Waals surface area contributed by atoms with Crippen LogP contribution in [0.4, 0.5) is 13.2 Å². The minimum absolute atomic E-state index is 0.0629. The molecule has 0 saturated carbocycles. The van der Waals surface area contributed by atoms with Gasteiger partial charge in [-0.3, -0.25) is 0 Å². The average molecular weight is 373 g/mol.